The van der Waals surface area contributed by atoms with E-state index in [0.29, 0.717) is 16.5 Å². The fraction of sp³-hybridized carbons (Fsp3) is 0.800. The van der Waals surface area contributed by atoms with Crippen LogP contribution in [0.15, 0.2) is 4.90 Å². The highest BCUT2D eigenvalue weighted by molar-refractivity contribution is 7.89. The van der Waals surface area contributed by atoms with Crippen molar-refractivity contribution in [3.63, 3.8) is 0 Å². The van der Waals surface area contributed by atoms with E-state index >= 15 is 0 Å². The number of hydrogen-bond acceptors (Lipinski definition) is 4. The minimum absolute atomic E-state index is 0.0153. The van der Waals surface area contributed by atoms with E-state index in [1.807, 2.05) is 6.92 Å². The van der Waals surface area contributed by atoms with Crippen LogP contribution in [0.1, 0.15) is 38.6 Å². The number of sulfonamides is 1. The van der Waals surface area contributed by atoms with E-state index in [-0.39, 0.29) is 12.0 Å². The van der Waals surface area contributed by atoms with Crippen LogP contribution >= 0.6 is 0 Å². The second kappa shape index (κ2) is 6.68. The van der Waals surface area contributed by atoms with Gasteiger partial charge >= 0.3 is 0 Å². The van der Waals surface area contributed by atoms with Gasteiger partial charge in [-0.15, -0.1) is 0 Å². The lowest BCUT2D eigenvalue weighted by atomic mass is 9.97. The van der Waals surface area contributed by atoms with E-state index < -0.39 is 10.0 Å². The molecule has 2 rings (SSSR count). The summed E-state index contributed by atoms with van der Waals surface area (Å²) in [5.74, 6) is 0.709. The van der Waals surface area contributed by atoms with Gasteiger partial charge in [-0.05, 0) is 45.2 Å². The monoisotopic (exact) mass is 328 g/mol. The number of piperidine rings is 1. The average molecular weight is 328 g/mol. The molecule has 2 heterocycles. The van der Waals surface area contributed by atoms with E-state index in [2.05, 4.69) is 35.9 Å². The van der Waals surface area contributed by atoms with Gasteiger partial charge in [-0.25, -0.2) is 13.1 Å². The Labute approximate surface area is 133 Å². The van der Waals surface area contributed by atoms with Gasteiger partial charge in [-0.2, -0.15) is 5.10 Å². The number of rotatable bonds is 5. The summed E-state index contributed by atoms with van der Waals surface area (Å²) < 4.78 is 30.3. The van der Waals surface area contributed by atoms with Crippen molar-refractivity contribution < 1.29 is 8.42 Å². The maximum atomic E-state index is 12.8. The zero-order chi connectivity index (χ0) is 16.5. The normalized spacial score (nSPS) is 23.2. The number of aromatic nitrogens is 2. The molecule has 0 aromatic carbocycles. The van der Waals surface area contributed by atoms with Crippen LogP contribution in [0.4, 0.5) is 0 Å². The third-order valence-corrected chi connectivity index (χ3v) is 5.96. The molecular weight excluding hydrogens is 300 g/mol. The van der Waals surface area contributed by atoms with Crippen LogP contribution < -0.4 is 10.0 Å². The topological polar surface area (TPSA) is 76.0 Å². The van der Waals surface area contributed by atoms with E-state index in [1.165, 1.54) is 0 Å². The van der Waals surface area contributed by atoms with Gasteiger partial charge in [0.1, 0.15) is 4.90 Å². The van der Waals surface area contributed by atoms with Crippen molar-refractivity contribution in [2.75, 3.05) is 13.1 Å². The minimum Gasteiger partial charge on any atom is -0.316 e. The predicted octanol–water partition coefficient (Wildman–Crippen LogP) is 1.43. The van der Waals surface area contributed by atoms with E-state index in [1.54, 1.807) is 11.6 Å². The molecule has 0 saturated carbocycles. The van der Waals surface area contributed by atoms with Crippen molar-refractivity contribution in [3.8, 4) is 0 Å². The van der Waals surface area contributed by atoms with Crippen LogP contribution in [0.2, 0.25) is 0 Å². The lowest BCUT2D eigenvalue weighted by Gasteiger charge is -2.30. The molecule has 1 aromatic heterocycles. The first-order valence-electron chi connectivity index (χ1n) is 7.99. The van der Waals surface area contributed by atoms with Gasteiger partial charge in [0.2, 0.25) is 10.0 Å². The summed E-state index contributed by atoms with van der Waals surface area (Å²) in [7, 11) is -3.53. The summed E-state index contributed by atoms with van der Waals surface area (Å²) in [6, 6.07) is -0.0153. The quantitative estimate of drug-likeness (QED) is 0.857. The van der Waals surface area contributed by atoms with Gasteiger partial charge in [-0.1, -0.05) is 20.8 Å². The molecule has 0 spiro atoms. The number of aryl methyl sites for hydroxylation is 1. The molecule has 1 aliphatic rings. The maximum Gasteiger partial charge on any atom is 0.244 e. The minimum atomic E-state index is -3.53. The molecule has 0 amide bonds. The van der Waals surface area contributed by atoms with E-state index in [9.17, 15) is 8.42 Å². The molecule has 1 saturated heterocycles. The highest BCUT2D eigenvalue weighted by atomic mass is 32.2. The van der Waals surface area contributed by atoms with Crippen molar-refractivity contribution in [3.05, 3.63) is 11.4 Å². The first-order valence-corrected chi connectivity index (χ1v) is 9.47. The maximum absolute atomic E-state index is 12.8. The first-order chi connectivity index (χ1) is 10.2. The lowest BCUT2D eigenvalue weighted by molar-refractivity contribution is 0.328. The predicted molar refractivity (Wildman–Crippen MR) is 87.3 cm³/mol. The van der Waals surface area contributed by atoms with Crippen LogP contribution in [0.25, 0.3) is 0 Å². The Kier molecular flexibility index (Phi) is 5.29. The second-order valence-corrected chi connectivity index (χ2v) is 8.42. The molecule has 0 bridgehead atoms. The molecule has 0 radical (unpaired) electrons. The summed E-state index contributed by atoms with van der Waals surface area (Å²) in [6.07, 6.45) is 0.818. The Bertz CT molecular complexity index is 622. The fourth-order valence-corrected chi connectivity index (χ4v) is 4.83. The van der Waals surface area contributed by atoms with Gasteiger partial charge in [0, 0.05) is 12.6 Å². The van der Waals surface area contributed by atoms with Gasteiger partial charge in [0.25, 0.3) is 0 Å². The van der Waals surface area contributed by atoms with Crippen LogP contribution in [0, 0.1) is 25.7 Å². The number of nitrogens with one attached hydrogen (secondary N) is 2. The molecule has 2 unspecified atom stereocenters. The molecule has 126 valence electrons. The molecule has 2 atom stereocenters. The van der Waals surface area contributed by atoms with E-state index in [4.69, 9.17) is 0 Å². The Hall–Kier alpha value is -0.920. The summed E-state index contributed by atoms with van der Waals surface area (Å²) in [5, 5.41) is 7.70. The van der Waals surface area contributed by atoms with Gasteiger partial charge in [0.15, 0.2) is 0 Å². The molecule has 22 heavy (non-hydrogen) atoms. The molecule has 6 nitrogen and oxygen atoms in total. The third-order valence-electron chi connectivity index (χ3n) is 4.21. The SMILES string of the molecule is Cc1nn(CC(C)C)c(C)c1S(=O)(=O)NC1CCNCC1C. The zero-order valence-corrected chi connectivity index (χ0v) is 15.0. The van der Waals surface area contributed by atoms with Crippen LogP contribution in [0.3, 0.4) is 0 Å². The summed E-state index contributed by atoms with van der Waals surface area (Å²) in [4.78, 5) is 0.346. The van der Waals surface area contributed by atoms with Crippen molar-refractivity contribution >= 4 is 10.0 Å². The Balaban J connectivity index is 2.27. The highest BCUT2D eigenvalue weighted by Gasteiger charge is 2.30. The lowest BCUT2D eigenvalue weighted by Crippen LogP contribution is -2.48. The van der Waals surface area contributed by atoms with Crippen LogP contribution in [-0.4, -0.2) is 37.3 Å². The first kappa shape index (κ1) is 17.4. The summed E-state index contributed by atoms with van der Waals surface area (Å²) >= 11 is 0. The van der Waals surface area contributed by atoms with Gasteiger partial charge in [0.05, 0.1) is 11.4 Å². The van der Waals surface area contributed by atoms with Crippen molar-refractivity contribution in [1.82, 2.24) is 19.8 Å². The second-order valence-electron chi connectivity index (χ2n) is 6.77. The fourth-order valence-electron chi connectivity index (χ4n) is 3.04. The van der Waals surface area contributed by atoms with Crippen molar-refractivity contribution in [1.29, 1.82) is 0 Å². The molecule has 1 aliphatic heterocycles. The van der Waals surface area contributed by atoms with Gasteiger partial charge < -0.3 is 5.32 Å². The number of hydrogen-bond donors (Lipinski definition) is 2. The van der Waals surface area contributed by atoms with Crippen molar-refractivity contribution in [2.24, 2.45) is 11.8 Å². The Morgan fingerprint density at radius 1 is 1.41 bits per heavy atom. The molecule has 7 heteroatoms. The van der Waals surface area contributed by atoms with E-state index in [0.717, 1.165) is 31.7 Å². The van der Waals surface area contributed by atoms with Gasteiger partial charge in [-0.3, -0.25) is 4.68 Å². The molecular formula is C15H28N4O2S. The van der Waals surface area contributed by atoms with Crippen LogP contribution in [-0.2, 0) is 16.6 Å². The smallest absolute Gasteiger partial charge is 0.244 e. The molecule has 1 fully saturated rings. The largest absolute Gasteiger partial charge is 0.316 e. The number of nitrogens with zero attached hydrogens (tertiary/aromatic N) is 2. The van der Waals surface area contributed by atoms with Crippen LogP contribution in [0.5, 0.6) is 0 Å². The molecule has 1 aromatic rings. The summed E-state index contributed by atoms with van der Waals surface area (Å²) in [5.41, 5.74) is 1.30. The standard InChI is InChI=1S/C15H28N4O2S/c1-10(2)9-19-13(5)15(12(4)17-19)22(20,21)18-14-6-7-16-8-11(14)3/h10-11,14,16,18H,6-9H2,1-5H3. The molecule has 0 aliphatic carbocycles. The third kappa shape index (κ3) is 3.70. The Morgan fingerprint density at radius 3 is 2.68 bits per heavy atom. The Morgan fingerprint density at radius 2 is 2.09 bits per heavy atom. The summed E-state index contributed by atoms with van der Waals surface area (Å²) in [6.45, 7) is 12.3. The zero-order valence-electron chi connectivity index (χ0n) is 14.2. The van der Waals surface area contributed by atoms with Crippen molar-refractivity contribution in [2.45, 2.75) is 58.5 Å². The molecule has 2 N–H and O–H groups in total. The highest BCUT2D eigenvalue weighted by Crippen LogP contribution is 2.22. The average Bonchev–Trinajstić information content (AvgIpc) is 2.66.